The Labute approximate surface area is 113 Å². The van der Waals surface area contributed by atoms with Crippen LogP contribution < -0.4 is 11.1 Å². The molecule has 1 aliphatic heterocycles. The number of aromatic nitrogens is 2. The van der Waals surface area contributed by atoms with Gasteiger partial charge in [0.05, 0.1) is 12.6 Å². The van der Waals surface area contributed by atoms with Crippen LogP contribution in [-0.2, 0) is 4.79 Å². The third-order valence-corrected chi connectivity index (χ3v) is 3.38. The summed E-state index contributed by atoms with van der Waals surface area (Å²) in [5.41, 5.74) is 5.63. The molecule has 1 aromatic rings. The molecule has 0 atom stereocenters. The van der Waals surface area contributed by atoms with E-state index < -0.39 is 0 Å². The highest BCUT2D eigenvalue weighted by atomic mass is 16.2. The van der Waals surface area contributed by atoms with Gasteiger partial charge in [-0.1, -0.05) is 0 Å². The zero-order valence-corrected chi connectivity index (χ0v) is 11.7. The molecule has 19 heavy (non-hydrogen) atoms. The molecular formula is C13H23N5O. The Morgan fingerprint density at radius 2 is 2.21 bits per heavy atom. The number of nitrogens with one attached hydrogen (secondary N) is 1. The second-order valence-electron chi connectivity index (χ2n) is 5.45. The van der Waals surface area contributed by atoms with Crippen LogP contribution in [-0.4, -0.2) is 46.3 Å². The van der Waals surface area contributed by atoms with Crippen LogP contribution in [0.25, 0.3) is 0 Å². The van der Waals surface area contributed by atoms with Crippen molar-refractivity contribution in [2.75, 3.05) is 25.4 Å². The van der Waals surface area contributed by atoms with Gasteiger partial charge in [-0.2, -0.15) is 5.10 Å². The van der Waals surface area contributed by atoms with Crippen molar-refractivity contribution in [3.05, 3.63) is 12.3 Å². The molecule has 106 valence electrons. The fraction of sp³-hybridized carbons (Fsp3) is 0.692. The van der Waals surface area contributed by atoms with Crippen molar-refractivity contribution in [3.8, 4) is 0 Å². The molecule has 6 heteroatoms. The lowest BCUT2D eigenvalue weighted by Crippen LogP contribution is -2.43. The first-order valence-electron chi connectivity index (χ1n) is 6.87. The van der Waals surface area contributed by atoms with Gasteiger partial charge < -0.3 is 11.1 Å². The van der Waals surface area contributed by atoms with Gasteiger partial charge in [-0.25, -0.2) is 0 Å². The molecule has 0 saturated carbocycles. The van der Waals surface area contributed by atoms with E-state index in [1.165, 1.54) is 0 Å². The number of carbonyl (C=O) groups is 1. The summed E-state index contributed by atoms with van der Waals surface area (Å²) in [5, 5.41) is 7.18. The van der Waals surface area contributed by atoms with E-state index in [1.54, 1.807) is 0 Å². The van der Waals surface area contributed by atoms with E-state index in [9.17, 15) is 4.79 Å². The van der Waals surface area contributed by atoms with Crippen LogP contribution in [0, 0.1) is 0 Å². The second kappa shape index (κ2) is 6.06. The highest BCUT2D eigenvalue weighted by Crippen LogP contribution is 2.21. The summed E-state index contributed by atoms with van der Waals surface area (Å²) in [7, 11) is 0. The first-order valence-corrected chi connectivity index (χ1v) is 6.87. The van der Waals surface area contributed by atoms with Gasteiger partial charge in [-0.3, -0.25) is 14.4 Å². The van der Waals surface area contributed by atoms with Gasteiger partial charge >= 0.3 is 0 Å². The van der Waals surface area contributed by atoms with Crippen LogP contribution in [0.1, 0.15) is 32.7 Å². The van der Waals surface area contributed by atoms with Crippen molar-refractivity contribution in [3.63, 3.8) is 0 Å². The number of carbonyl (C=O) groups excluding carboxylic acids is 1. The Balaban J connectivity index is 1.78. The van der Waals surface area contributed by atoms with Gasteiger partial charge in [-0.05, 0) is 32.8 Å². The lowest BCUT2D eigenvalue weighted by molar-refractivity contribution is -0.123. The molecule has 1 fully saturated rings. The summed E-state index contributed by atoms with van der Waals surface area (Å²) in [6.45, 7) is 6.30. The lowest BCUT2D eigenvalue weighted by atomic mass is 10.1. The average molecular weight is 265 g/mol. The highest BCUT2D eigenvalue weighted by molar-refractivity contribution is 5.78. The Morgan fingerprint density at radius 1 is 1.53 bits per heavy atom. The number of rotatable bonds is 4. The van der Waals surface area contributed by atoms with Crippen LogP contribution in [0.5, 0.6) is 0 Å². The van der Waals surface area contributed by atoms with Crippen LogP contribution in [0.15, 0.2) is 12.3 Å². The van der Waals surface area contributed by atoms with E-state index in [4.69, 9.17) is 5.73 Å². The van der Waals surface area contributed by atoms with Gasteiger partial charge in [0.15, 0.2) is 0 Å². The molecule has 0 unspecified atom stereocenters. The van der Waals surface area contributed by atoms with Crippen molar-refractivity contribution in [1.29, 1.82) is 0 Å². The summed E-state index contributed by atoms with van der Waals surface area (Å²) in [5.74, 6) is 0.676. The molecule has 1 saturated heterocycles. The fourth-order valence-corrected chi connectivity index (χ4v) is 2.47. The number of hydrogen-bond donors (Lipinski definition) is 2. The predicted molar refractivity (Wildman–Crippen MR) is 74.6 cm³/mol. The van der Waals surface area contributed by atoms with E-state index in [0.29, 0.717) is 18.4 Å². The zero-order chi connectivity index (χ0) is 13.8. The molecule has 1 aliphatic rings. The van der Waals surface area contributed by atoms with Crippen molar-refractivity contribution >= 4 is 11.7 Å². The average Bonchev–Trinajstić information content (AvgIpc) is 2.75. The minimum absolute atomic E-state index is 0.108. The zero-order valence-electron chi connectivity index (χ0n) is 11.7. The van der Waals surface area contributed by atoms with Gasteiger partial charge in [0.2, 0.25) is 5.91 Å². The molecule has 1 amide bonds. The number of nitrogens with zero attached hydrogens (tertiary/aromatic N) is 3. The maximum atomic E-state index is 11.7. The first-order chi connectivity index (χ1) is 9.04. The molecule has 2 heterocycles. The van der Waals surface area contributed by atoms with Crippen LogP contribution in [0.4, 0.5) is 5.82 Å². The van der Waals surface area contributed by atoms with E-state index in [2.05, 4.69) is 15.3 Å². The second-order valence-corrected chi connectivity index (χ2v) is 5.45. The third kappa shape index (κ3) is 3.96. The Kier molecular flexibility index (Phi) is 4.42. The maximum Gasteiger partial charge on any atom is 0.234 e. The van der Waals surface area contributed by atoms with E-state index in [-0.39, 0.29) is 11.9 Å². The van der Waals surface area contributed by atoms with Gasteiger partial charge in [0.1, 0.15) is 5.82 Å². The fourth-order valence-electron chi connectivity index (χ4n) is 2.47. The van der Waals surface area contributed by atoms with E-state index in [0.717, 1.165) is 25.9 Å². The van der Waals surface area contributed by atoms with Crippen LogP contribution in [0.3, 0.4) is 0 Å². The Bertz CT molecular complexity index is 420. The molecule has 0 radical (unpaired) electrons. The Hall–Kier alpha value is -1.56. The largest absolute Gasteiger partial charge is 0.382 e. The van der Waals surface area contributed by atoms with Crippen molar-refractivity contribution in [1.82, 2.24) is 20.0 Å². The van der Waals surface area contributed by atoms with Crippen molar-refractivity contribution in [2.45, 2.75) is 38.8 Å². The van der Waals surface area contributed by atoms with Gasteiger partial charge in [0, 0.05) is 25.3 Å². The molecule has 6 nitrogen and oxygen atoms in total. The number of nitrogen functional groups attached to an aromatic ring is 1. The summed E-state index contributed by atoms with van der Waals surface area (Å²) in [4.78, 5) is 13.9. The van der Waals surface area contributed by atoms with Gasteiger partial charge in [0.25, 0.3) is 0 Å². The Morgan fingerprint density at radius 3 is 2.74 bits per heavy atom. The molecule has 2 rings (SSSR count). The molecule has 0 aliphatic carbocycles. The van der Waals surface area contributed by atoms with Crippen molar-refractivity contribution < 1.29 is 4.79 Å². The molecule has 0 aromatic carbocycles. The maximum absolute atomic E-state index is 11.7. The number of nitrogens with two attached hydrogens (primary N) is 1. The topological polar surface area (TPSA) is 76.2 Å². The van der Waals surface area contributed by atoms with Crippen LogP contribution >= 0.6 is 0 Å². The highest BCUT2D eigenvalue weighted by Gasteiger charge is 2.22. The monoisotopic (exact) mass is 265 g/mol. The SMILES string of the molecule is CC(C)NC(=O)CN1CCC(n2ccc(N)n2)CC1. The quantitative estimate of drug-likeness (QED) is 0.837. The number of hydrogen-bond acceptors (Lipinski definition) is 4. The smallest absolute Gasteiger partial charge is 0.234 e. The molecule has 0 spiro atoms. The summed E-state index contributed by atoms with van der Waals surface area (Å²) in [6, 6.07) is 2.43. The number of likely N-dealkylation sites (tertiary alicyclic amines) is 1. The minimum atomic E-state index is 0.108. The molecule has 1 aromatic heterocycles. The molecule has 0 bridgehead atoms. The number of amides is 1. The normalized spacial score (nSPS) is 17.8. The lowest BCUT2D eigenvalue weighted by Gasteiger charge is -2.31. The summed E-state index contributed by atoms with van der Waals surface area (Å²) < 4.78 is 1.95. The minimum Gasteiger partial charge on any atom is -0.382 e. The molecule has 3 N–H and O–H groups in total. The number of anilines is 1. The summed E-state index contributed by atoms with van der Waals surface area (Å²) >= 11 is 0. The van der Waals surface area contributed by atoms with Crippen molar-refractivity contribution in [2.24, 2.45) is 0 Å². The summed E-state index contributed by atoms with van der Waals surface area (Å²) in [6.07, 6.45) is 3.95. The molecular weight excluding hydrogens is 242 g/mol. The first kappa shape index (κ1) is 13.9. The predicted octanol–water partition coefficient (Wildman–Crippen LogP) is 0.627. The standard InChI is InChI=1S/C13H23N5O/c1-10(2)15-13(19)9-17-6-3-11(4-7-17)18-8-5-12(14)16-18/h5,8,10-11H,3-4,6-7,9H2,1-2H3,(H2,14,16)(H,15,19). The number of piperidine rings is 1. The van der Waals surface area contributed by atoms with Crippen LogP contribution in [0.2, 0.25) is 0 Å². The third-order valence-electron chi connectivity index (χ3n) is 3.38. The van der Waals surface area contributed by atoms with Gasteiger partial charge in [-0.15, -0.1) is 0 Å². The van der Waals surface area contributed by atoms with E-state index >= 15 is 0 Å². The van der Waals surface area contributed by atoms with E-state index in [1.807, 2.05) is 30.8 Å².